The Kier molecular flexibility index (Phi) is 6.50. The van der Waals surface area contributed by atoms with E-state index >= 15 is 0 Å². The molecule has 0 radical (unpaired) electrons. The first-order valence-corrected chi connectivity index (χ1v) is 13.6. The maximum Gasteiger partial charge on any atom is 0.198 e. The first-order valence-electron chi connectivity index (χ1n) is 13.6. The van der Waals surface area contributed by atoms with E-state index in [4.69, 9.17) is 4.74 Å². The maximum absolute atomic E-state index is 13.6. The molecule has 1 aromatic heterocycles. The van der Waals surface area contributed by atoms with E-state index in [2.05, 4.69) is 34.1 Å². The summed E-state index contributed by atoms with van der Waals surface area (Å²) in [7, 11) is 2.04. The summed E-state index contributed by atoms with van der Waals surface area (Å²) < 4.78 is 6.25. The van der Waals surface area contributed by atoms with Crippen LogP contribution in [0.25, 0.3) is 17.0 Å². The fourth-order valence-corrected chi connectivity index (χ4v) is 5.04. The zero-order chi connectivity index (χ0) is 28.7. The number of ether oxygens (including phenoxy) is 1. The molecule has 5 nitrogen and oxygen atoms in total. The second-order valence-corrected chi connectivity index (χ2v) is 11.3. The Morgan fingerprint density at radius 3 is 2.17 bits per heavy atom. The number of ketones is 2. The number of para-hydroxylation sites is 1. The summed E-state index contributed by atoms with van der Waals surface area (Å²) in [5.74, 6) is 0.700. The minimum Gasteiger partial charge on any atom is -0.461 e. The highest BCUT2D eigenvalue weighted by Crippen LogP contribution is 2.38. The van der Waals surface area contributed by atoms with Crippen molar-refractivity contribution in [2.24, 2.45) is 5.41 Å². The number of hydrogen-bond acceptors (Lipinski definition) is 5. The molecule has 6 rings (SSSR count). The number of fused-ring (bicyclic) bond motifs is 2. The molecule has 202 valence electrons. The molecule has 2 heterocycles. The molecule has 1 aliphatic carbocycles. The fraction of sp³-hybridized carbons (Fsp3) is 0.139. The van der Waals surface area contributed by atoms with Gasteiger partial charge in [0, 0.05) is 46.5 Å². The molecule has 41 heavy (non-hydrogen) atoms. The normalized spacial score (nSPS) is 17.0. The first kappa shape index (κ1) is 26.2. The van der Waals surface area contributed by atoms with Crippen molar-refractivity contribution in [3.63, 3.8) is 0 Å². The predicted octanol–water partition coefficient (Wildman–Crippen LogP) is 8.24. The van der Waals surface area contributed by atoms with Gasteiger partial charge in [0.05, 0.1) is 11.1 Å². The second-order valence-electron chi connectivity index (χ2n) is 11.3. The minimum absolute atomic E-state index is 0.166. The third-order valence-corrected chi connectivity index (χ3v) is 7.39. The zero-order valence-electron chi connectivity index (χ0n) is 23.5. The van der Waals surface area contributed by atoms with Crippen molar-refractivity contribution in [3.8, 4) is 0 Å². The summed E-state index contributed by atoms with van der Waals surface area (Å²) in [5.41, 5.74) is 5.08. The lowest BCUT2D eigenvalue weighted by Gasteiger charge is -2.27. The monoisotopic (exact) mass is 538 g/mol. The number of carbonyl (C=O) groups excluding carboxylic acids is 2. The largest absolute Gasteiger partial charge is 0.461 e. The summed E-state index contributed by atoms with van der Waals surface area (Å²) in [6.45, 7) is 6.13. The van der Waals surface area contributed by atoms with E-state index < -0.39 is 0 Å². The van der Waals surface area contributed by atoms with Crippen LogP contribution < -0.4 is 4.90 Å². The quantitative estimate of drug-likeness (QED) is 0.193. The van der Waals surface area contributed by atoms with Gasteiger partial charge in [-0.1, -0.05) is 63.2 Å². The summed E-state index contributed by atoms with van der Waals surface area (Å²) in [6.07, 6.45) is 9.13. The minimum atomic E-state index is -0.334. The van der Waals surface area contributed by atoms with Crippen LogP contribution >= 0.6 is 0 Å². The molecule has 0 bridgehead atoms. The van der Waals surface area contributed by atoms with Crippen molar-refractivity contribution in [2.45, 2.75) is 20.8 Å². The van der Waals surface area contributed by atoms with Gasteiger partial charge in [0.15, 0.2) is 11.6 Å². The van der Waals surface area contributed by atoms with Crippen LogP contribution in [0.15, 0.2) is 126 Å². The average molecular weight is 539 g/mol. The van der Waals surface area contributed by atoms with Gasteiger partial charge in [-0.05, 0) is 71.8 Å². The highest BCUT2D eigenvalue weighted by atomic mass is 16.5. The number of pyridine rings is 1. The number of rotatable bonds is 4. The highest BCUT2D eigenvalue weighted by Gasteiger charge is 2.36. The van der Waals surface area contributed by atoms with Gasteiger partial charge < -0.3 is 9.64 Å². The molecule has 0 spiro atoms. The lowest BCUT2D eigenvalue weighted by Crippen LogP contribution is -2.16. The van der Waals surface area contributed by atoms with E-state index in [1.165, 1.54) is 0 Å². The van der Waals surface area contributed by atoms with Crippen LogP contribution in [0.4, 0.5) is 11.4 Å². The van der Waals surface area contributed by atoms with E-state index in [1.54, 1.807) is 24.4 Å². The molecule has 0 unspecified atom stereocenters. The zero-order valence-corrected chi connectivity index (χ0v) is 23.5. The van der Waals surface area contributed by atoms with E-state index in [0.29, 0.717) is 33.7 Å². The molecule has 0 fully saturated rings. The Morgan fingerprint density at radius 1 is 0.780 bits per heavy atom. The average Bonchev–Trinajstić information content (AvgIpc) is 3.23. The number of hydrogen-bond donors (Lipinski definition) is 0. The van der Waals surface area contributed by atoms with Crippen LogP contribution in [-0.4, -0.2) is 23.6 Å². The number of carbonyl (C=O) groups is 2. The third-order valence-electron chi connectivity index (χ3n) is 7.39. The molecule has 0 saturated carbocycles. The molecule has 2 aliphatic rings. The van der Waals surface area contributed by atoms with Gasteiger partial charge in [-0.25, -0.2) is 0 Å². The molecule has 5 heteroatoms. The summed E-state index contributed by atoms with van der Waals surface area (Å²) in [5, 5.41) is 0.830. The van der Waals surface area contributed by atoms with Gasteiger partial charge in [-0.15, -0.1) is 0 Å². The molecule has 0 amide bonds. The van der Waals surface area contributed by atoms with Crippen molar-refractivity contribution in [1.82, 2.24) is 4.98 Å². The third kappa shape index (κ3) is 5.03. The number of Topliss-reactive ketones (excluding diaryl/α,β-unsaturated/α-hetero) is 2. The van der Waals surface area contributed by atoms with Gasteiger partial charge in [0.1, 0.15) is 11.5 Å². The Bertz CT molecular complexity index is 1760. The van der Waals surface area contributed by atoms with Crippen LogP contribution in [0.1, 0.15) is 47.1 Å². The van der Waals surface area contributed by atoms with Crippen molar-refractivity contribution in [3.05, 3.63) is 143 Å². The molecular weight excluding hydrogens is 508 g/mol. The predicted molar refractivity (Wildman–Crippen MR) is 164 cm³/mol. The van der Waals surface area contributed by atoms with Crippen molar-refractivity contribution in [2.75, 3.05) is 11.9 Å². The number of aromatic nitrogens is 1. The summed E-state index contributed by atoms with van der Waals surface area (Å²) in [6, 6.07) is 25.6. The van der Waals surface area contributed by atoms with Gasteiger partial charge in [0.2, 0.25) is 0 Å². The molecule has 4 aromatic rings. The van der Waals surface area contributed by atoms with Crippen LogP contribution in [0, 0.1) is 5.41 Å². The second kappa shape index (κ2) is 10.2. The van der Waals surface area contributed by atoms with Gasteiger partial charge in [-0.2, -0.15) is 0 Å². The number of allylic oxidation sites excluding steroid dienone is 6. The van der Waals surface area contributed by atoms with E-state index in [1.807, 2.05) is 88.5 Å². The van der Waals surface area contributed by atoms with Crippen LogP contribution in [0.3, 0.4) is 0 Å². The first-order chi connectivity index (χ1) is 19.7. The molecule has 0 atom stereocenters. The van der Waals surface area contributed by atoms with E-state index in [9.17, 15) is 9.59 Å². The molecule has 3 aromatic carbocycles. The molecule has 0 N–H and O–H groups in total. The molecule has 1 aliphatic heterocycles. The Balaban J connectivity index is 1.33. The van der Waals surface area contributed by atoms with Gasteiger partial charge in [-0.3, -0.25) is 14.6 Å². The lowest BCUT2D eigenvalue weighted by atomic mass is 9.89. The van der Waals surface area contributed by atoms with Crippen LogP contribution in [0.2, 0.25) is 0 Å². The highest BCUT2D eigenvalue weighted by molar-refractivity contribution is 6.40. The maximum atomic E-state index is 13.6. The van der Waals surface area contributed by atoms with Crippen molar-refractivity contribution < 1.29 is 14.3 Å². The SMILES string of the molecule is CN(c1ccccc1)c1ccc(C=CC2=C/C(=C3\C(=O)c4cc5cccnc5cc4C3=O)C=C(C(C)(C)C)O2)cc1. The topological polar surface area (TPSA) is 59.5 Å². The summed E-state index contributed by atoms with van der Waals surface area (Å²) >= 11 is 0. The van der Waals surface area contributed by atoms with E-state index in [-0.39, 0.29) is 22.6 Å². The van der Waals surface area contributed by atoms with Gasteiger partial charge in [0.25, 0.3) is 0 Å². The fourth-order valence-electron chi connectivity index (χ4n) is 5.04. The Morgan fingerprint density at radius 2 is 1.46 bits per heavy atom. The molecule has 0 saturated heterocycles. The molecular formula is C36H30N2O3. The smallest absolute Gasteiger partial charge is 0.198 e. The lowest BCUT2D eigenvalue weighted by molar-refractivity contribution is 0.0987. The van der Waals surface area contributed by atoms with Crippen molar-refractivity contribution >= 4 is 39.9 Å². The summed E-state index contributed by atoms with van der Waals surface area (Å²) in [4.78, 5) is 33.6. The number of nitrogens with zero attached hydrogens (tertiary/aromatic N) is 2. The Hall–Kier alpha value is -5.03. The van der Waals surface area contributed by atoms with Crippen LogP contribution in [0.5, 0.6) is 0 Å². The van der Waals surface area contributed by atoms with Crippen molar-refractivity contribution in [1.29, 1.82) is 0 Å². The standard InChI is InChI=1S/C36H30N2O3/c1-36(2,3)32-21-25(33-34(39)29-20-24-9-8-18-37-31(24)22-30(29)35(33)40)19-28(41-32)17-14-23-12-15-27(16-13-23)38(4)26-10-6-5-7-11-26/h5-22H,1-4H3/b17-14?,33-25-. The Labute approximate surface area is 239 Å². The van der Waals surface area contributed by atoms with E-state index in [0.717, 1.165) is 22.3 Å². The van der Waals surface area contributed by atoms with Crippen LogP contribution in [-0.2, 0) is 4.74 Å². The number of anilines is 2. The number of benzene rings is 3. The van der Waals surface area contributed by atoms with Gasteiger partial charge >= 0.3 is 0 Å².